The first kappa shape index (κ1) is 16.3. The molecule has 0 aromatic carbocycles. The fourth-order valence-electron chi connectivity index (χ4n) is 2.15. The van der Waals surface area contributed by atoms with Gasteiger partial charge in [0.25, 0.3) is 0 Å². The zero-order valence-electron chi connectivity index (χ0n) is 12.7. The molecule has 2 unspecified atom stereocenters. The number of furan rings is 1. The SMILES string of the molecule is CCCCCCCOC(c1ccc(C)o1)C(N)CC. The fraction of sp³-hybridized carbons (Fsp3) is 0.750. The summed E-state index contributed by atoms with van der Waals surface area (Å²) in [5.41, 5.74) is 6.14. The van der Waals surface area contributed by atoms with Crippen LogP contribution in [-0.4, -0.2) is 12.6 Å². The smallest absolute Gasteiger partial charge is 0.134 e. The van der Waals surface area contributed by atoms with Crippen LogP contribution in [0.25, 0.3) is 0 Å². The molecule has 1 aromatic heterocycles. The lowest BCUT2D eigenvalue weighted by Gasteiger charge is -2.21. The highest BCUT2D eigenvalue weighted by molar-refractivity contribution is 5.10. The predicted molar refractivity (Wildman–Crippen MR) is 79.2 cm³/mol. The van der Waals surface area contributed by atoms with Crippen molar-refractivity contribution in [2.24, 2.45) is 5.73 Å². The summed E-state index contributed by atoms with van der Waals surface area (Å²) in [5, 5.41) is 0. The Labute approximate surface area is 117 Å². The van der Waals surface area contributed by atoms with Crippen LogP contribution in [0.2, 0.25) is 0 Å². The van der Waals surface area contributed by atoms with E-state index < -0.39 is 0 Å². The lowest BCUT2D eigenvalue weighted by molar-refractivity contribution is 0.0165. The standard InChI is InChI=1S/C16H29NO2/c1-4-6-7-8-9-12-18-16(14(17)5-2)15-11-10-13(3)19-15/h10-11,14,16H,4-9,12,17H2,1-3H3. The minimum Gasteiger partial charge on any atom is -0.464 e. The minimum absolute atomic E-state index is 0.00110. The molecule has 2 N–H and O–H groups in total. The Morgan fingerprint density at radius 2 is 1.89 bits per heavy atom. The first-order valence-electron chi connectivity index (χ1n) is 7.62. The van der Waals surface area contributed by atoms with E-state index in [1.165, 1.54) is 25.7 Å². The Morgan fingerprint density at radius 1 is 1.16 bits per heavy atom. The summed E-state index contributed by atoms with van der Waals surface area (Å²) in [6.45, 7) is 7.02. The van der Waals surface area contributed by atoms with Gasteiger partial charge in [-0.25, -0.2) is 0 Å². The van der Waals surface area contributed by atoms with Crippen LogP contribution in [-0.2, 0) is 4.74 Å². The molecule has 3 nitrogen and oxygen atoms in total. The average molecular weight is 267 g/mol. The molecular weight excluding hydrogens is 238 g/mol. The molecule has 0 aliphatic carbocycles. The van der Waals surface area contributed by atoms with Gasteiger partial charge in [-0.3, -0.25) is 0 Å². The van der Waals surface area contributed by atoms with Gasteiger partial charge in [-0.05, 0) is 31.9 Å². The normalized spacial score (nSPS) is 14.5. The second-order valence-electron chi connectivity index (χ2n) is 5.23. The molecular formula is C16H29NO2. The van der Waals surface area contributed by atoms with Gasteiger partial charge in [-0.2, -0.15) is 0 Å². The molecule has 19 heavy (non-hydrogen) atoms. The minimum atomic E-state index is -0.107. The topological polar surface area (TPSA) is 48.4 Å². The van der Waals surface area contributed by atoms with E-state index >= 15 is 0 Å². The summed E-state index contributed by atoms with van der Waals surface area (Å²) in [7, 11) is 0. The summed E-state index contributed by atoms with van der Waals surface area (Å²) < 4.78 is 11.6. The molecule has 3 heteroatoms. The van der Waals surface area contributed by atoms with Crippen LogP contribution in [0.5, 0.6) is 0 Å². The number of hydrogen-bond acceptors (Lipinski definition) is 3. The monoisotopic (exact) mass is 267 g/mol. The molecule has 0 aliphatic heterocycles. The summed E-state index contributed by atoms with van der Waals surface area (Å²) >= 11 is 0. The molecule has 0 aliphatic rings. The number of hydrogen-bond donors (Lipinski definition) is 1. The molecule has 1 aromatic rings. The van der Waals surface area contributed by atoms with Crippen molar-refractivity contribution in [3.05, 3.63) is 23.7 Å². The molecule has 2 atom stereocenters. The van der Waals surface area contributed by atoms with Crippen molar-refractivity contribution in [1.82, 2.24) is 0 Å². The van der Waals surface area contributed by atoms with E-state index in [0.717, 1.165) is 31.0 Å². The Bertz CT molecular complexity index is 335. The largest absolute Gasteiger partial charge is 0.464 e. The van der Waals surface area contributed by atoms with E-state index in [4.69, 9.17) is 14.9 Å². The van der Waals surface area contributed by atoms with E-state index in [-0.39, 0.29) is 12.1 Å². The van der Waals surface area contributed by atoms with Crippen LogP contribution in [0.1, 0.15) is 70.0 Å². The zero-order valence-corrected chi connectivity index (χ0v) is 12.7. The molecule has 0 saturated heterocycles. The van der Waals surface area contributed by atoms with E-state index in [1.54, 1.807) is 0 Å². The van der Waals surface area contributed by atoms with Gasteiger partial charge >= 0.3 is 0 Å². The van der Waals surface area contributed by atoms with Gasteiger partial charge < -0.3 is 14.9 Å². The van der Waals surface area contributed by atoms with Gasteiger partial charge in [0.05, 0.1) is 0 Å². The summed E-state index contributed by atoms with van der Waals surface area (Å²) in [4.78, 5) is 0. The highest BCUT2D eigenvalue weighted by atomic mass is 16.5. The van der Waals surface area contributed by atoms with Crippen LogP contribution < -0.4 is 5.73 Å². The van der Waals surface area contributed by atoms with Crippen molar-refractivity contribution < 1.29 is 9.15 Å². The lowest BCUT2D eigenvalue weighted by atomic mass is 10.1. The van der Waals surface area contributed by atoms with Gasteiger partial charge in [0.2, 0.25) is 0 Å². The summed E-state index contributed by atoms with van der Waals surface area (Å²) in [6, 6.07) is 3.95. The van der Waals surface area contributed by atoms with Gasteiger partial charge in [0.1, 0.15) is 17.6 Å². The Balaban J connectivity index is 2.39. The summed E-state index contributed by atoms with van der Waals surface area (Å²) in [5.74, 6) is 1.77. The number of aryl methyl sites for hydroxylation is 1. The molecule has 0 spiro atoms. The summed E-state index contributed by atoms with van der Waals surface area (Å²) in [6.07, 6.45) is 7.01. The number of nitrogens with two attached hydrogens (primary N) is 1. The number of unbranched alkanes of at least 4 members (excludes halogenated alkanes) is 4. The Kier molecular flexibility index (Phi) is 7.84. The van der Waals surface area contributed by atoms with Crippen LogP contribution in [0, 0.1) is 6.92 Å². The first-order chi connectivity index (χ1) is 9.19. The second kappa shape index (κ2) is 9.16. The van der Waals surface area contributed by atoms with Crippen molar-refractivity contribution in [2.75, 3.05) is 6.61 Å². The van der Waals surface area contributed by atoms with Crippen molar-refractivity contribution in [3.63, 3.8) is 0 Å². The van der Waals surface area contributed by atoms with Crippen LogP contribution in [0.4, 0.5) is 0 Å². The molecule has 0 radical (unpaired) electrons. The van der Waals surface area contributed by atoms with E-state index in [0.29, 0.717) is 0 Å². The lowest BCUT2D eigenvalue weighted by Crippen LogP contribution is -2.29. The van der Waals surface area contributed by atoms with Gasteiger partial charge in [0.15, 0.2) is 0 Å². The van der Waals surface area contributed by atoms with Gasteiger partial charge in [-0.15, -0.1) is 0 Å². The fourth-order valence-corrected chi connectivity index (χ4v) is 2.15. The molecule has 1 rings (SSSR count). The van der Waals surface area contributed by atoms with Gasteiger partial charge in [-0.1, -0.05) is 39.5 Å². The third-order valence-corrected chi connectivity index (χ3v) is 3.45. The molecule has 1 heterocycles. The molecule has 110 valence electrons. The first-order valence-corrected chi connectivity index (χ1v) is 7.62. The van der Waals surface area contributed by atoms with Crippen molar-refractivity contribution in [2.45, 2.75) is 71.4 Å². The highest BCUT2D eigenvalue weighted by Crippen LogP contribution is 2.24. The Morgan fingerprint density at radius 3 is 2.47 bits per heavy atom. The average Bonchev–Trinajstić information content (AvgIpc) is 2.83. The predicted octanol–water partition coefficient (Wildman–Crippen LogP) is 4.35. The van der Waals surface area contributed by atoms with Crippen molar-refractivity contribution >= 4 is 0 Å². The second-order valence-corrected chi connectivity index (χ2v) is 5.23. The maximum atomic E-state index is 6.14. The van der Waals surface area contributed by atoms with Crippen LogP contribution in [0.3, 0.4) is 0 Å². The van der Waals surface area contributed by atoms with Gasteiger partial charge in [0, 0.05) is 12.6 Å². The highest BCUT2D eigenvalue weighted by Gasteiger charge is 2.22. The van der Waals surface area contributed by atoms with E-state index in [1.807, 2.05) is 19.1 Å². The number of rotatable bonds is 10. The van der Waals surface area contributed by atoms with Crippen molar-refractivity contribution in [3.8, 4) is 0 Å². The van der Waals surface area contributed by atoms with E-state index in [9.17, 15) is 0 Å². The maximum absolute atomic E-state index is 6.14. The molecule has 0 amide bonds. The third kappa shape index (κ3) is 5.79. The quantitative estimate of drug-likeness (QED) is 0.641. The van der Waals surface area contributed by atoms with Crippen molar-refractivity contribution in [1.29, 1.82) is 0 Å². The van der Waals surface area contributed by atoms with E-state index in [2.05, 4.69) is 13.8 Å². The molecule has 0 fully saturated rings. The molecule has 0 bridgehead atoms. The van der Waals surface area contributed by atoms with Crippen LogP contribution in [0.15, 0.2) is 16.5 Å². The Hall–Kier alpha value is -0.800. The molecule has 0 saturated carbocycles. The number of ether oxygens (including phenoxy) is 1. The maximum Gasteiger partial charge on any atom is 0.134 e. The van der Waals surface area contributed by atoms with Crippen LogP contribution >= 0.6 is 0 Å². The third-order valence-electron chi connectivity index (χ3n) is 3.45. The zero-order chi connectivity index (χ0) is 14.1.